The van der Waals surface area contributed by atoms with Crippen molar-refractivity contribution in [2.75, 3.05) is 18.4 Å². The number of nitrogens with one attached hydrogen (secondary N) is 1. The van der Waals surface area contributed by atoms with Gasteiger partial charge in [-0.3, -0.25) is 4.79 Å². The molecule has 2 aromatic rings. The van der Waals surface area contributed by atoms with E-state index in [4.69, 9.17) is 4.74 Å². The molecule has 1 amide bonds. The fraction of sp³-hybridized carbons (Fsp3) is 0.0909. The molecule has 0 aromatic heterocycles. The lowest BCUT2D eigenvalue weighted by Gasteiger charge is -2.18. The van der Waals surface area contributed by atoms with Crippen LogP contribution in [0.4, 0.5) is 5.69 Å². The summed E-state index contributed by atoms with van der Waals surface area (Å²) in [4.78, 5) is 13.9. The SMILES string of the molecule is C=CCN(CC=C)C(=O)/C(C#N)=C\Nc1ccc(Oc2ccccc2)cc1. The lowest BCUT2D eigenvalue weighted by Crippen LogP contribution is -2.32. The summed E-state index contributed by atoms with van der Waals surface area (Å²) in [6.07, 6.45) is 4.61. The summed E-state index contributed by atoms with van der Waals surface area (Å²) in [6.45, 7) is 7.93. The van der Waals surface area contributed by atoms with Crippen LogP contribution >= 0.6 is 0 Å². The number of amides is 1. The van der Waals surface area contributed by atoms with Crippen molar-refractivity contribution in [2.45, 2.75) is 0 Å². The number of hydrogen-bond acceptors (Lipinski definition) is 4. The normalized spacial score (nSPS) is 10.4. The molecule has 0 atom stereocenters. The Morgan fingerprint density at radius 1 is 1.04 bits per heavy atom. The van der Waals surface area contributed by atoms with E-state index in [0.29, 0.717) is 18.8 Å². The second-order valence-corrected chi connectivity index (χ2v) is 5.54. The molecule has 0 spiro atoms. The number of carbonyl (C=O) groups excluding carboxylic acids is 1. The Kier molecular flexibility index (Phi) is 7.43. The van der Waals surface area contributed by atoms with Crippen molar-refractivity contribution in [2.24, 2.45) is 0 Å². The molecule has 5 nitrogen and oxygen atoms in total. The van der Waals surface area contributed by atoms with E-state index in [1.807, 2.05) is 36.4 Å². The van der Waals surface area contributed by atoms with Gasteiger partial charge in [0.1, 0.15) is 23.1 Å². The van der Waals surface area contributed by atoms with Crippen molar-refractivity contribution in [1.29, 1.82) is 5.26 Å². The van der Waals surface area contributed by atoms with Crippen LogP contribution in [-0.2, 0) is 4.79 Å². The number of hydrogen-bond donors (Lipinski definition) is 1. The van der Waals surface area contributed by atoms with E-state index >= 15 is 0 Å². The molecule has 5 heteroatoms. The standard InChI is InChI=1S/C22H21N3O2/c1-3-14-25(15-4-2)22(26)18(16-23)17-24-19-10-12-21(13-11-19)27-20-8-6-5-7-9-20/h3-13,17,24H,1-2,14-15H2/b18-17-. The van der Waals surface area contributed by atoms with Crippen molar-refractivity contribution >= 4 is 11.6 Å². The fourth-order valence-corrected chi connectivity index (χ4v) is 2.26. The minimum atomic E-state index is -0.381. The molecule has 0 aliphatic rings. The van der Waals surface area contributed by atoms with Crippen molar-refractivity contribution in [3.05, 3.63) is 91.7 Å². The summed E-state index contributed by atoms with van der Waals surface area (Å²) in [7, 11) is 0. The Labute approximate surface area is 159 Å². The predicted octanol–water partition coefficient (Wildman–Crippen LogP) is 4.50. The van der Waals surface area contributed by atoms with Gasteiger partial charge in [0.05, 0.1) is 0 Å². The zero-order valence-electron chi connectivity index (χ0n) is 15.0. The van der Waals surface area contributed by atoms with Gasteiger partial charge in [0, 0.05) is 25.0 Å². The maximum Gasteiger partial charge on any atom is 0.266 e. The van der Waals surface area contributed by atoms with Gasteiger partial charge in [-0.05, 0) is 36.4 Å². The molecule has 0 bridgehead atoms. The zero-order valence-corrected chi connectivity index (χ0v) is 15.0. The second kappa shape index (κ2) is 10.3. The zero-order chi connectivity index (χ0) is 19.5. The summed E-state index contributed by atoms with van der Waals surface area (Å²) in [5.74, 6) is 1.06. The van der Waals surface area contributed by atoms with E-state index in [1.165, 1.54) is 11.1 Å². The molecule has 0 heterocycles. The molecule has 1 N–H and O–H groups in total. The molecule has 0 saturated heterocycles. The van der Waals surface area contributed by atoms with Gasteiger partial charge in [0.25, 0.3) is 5.91 Å². The Morgan fingerprint density at radius 2 is 1.63 bits per heavy atom. The molecular formula is C22H21N3O2. The Morgan fingerprint density at radius 3 is 2.19 bits per heavy atom. The van der Waals surface area contributed by atoms with Gasteiger partial charge in [-0.15, -0.1) is 13.2 Å². The Bertz CT molecular complexity index is 839. The first kappa shape index (κ1) is 19.5. The van der Waals surface area contributed by atoms with Gasteiger partial charge in [0.2, 0.25) is 0 Å². The van der Waals surface area contributed by atoms with E-state index in [2.05, 4.69) is 18.5 Å². The third-order valence-electron chi connectivity index (χ3n) is 3.55. The molecule has 0 unspecified atom stereocenters. The van der Waals surface area contributed by atoms with Crippen molar-refractivity contribution in [3.8, 4) is 17.6 Å². The molecule has 0 saturated carbocycles. The quantitative estimate of drug-likeness (QED) is 0.407. The first-order valence-electron chi connectivity index (χ1n) is 8.38. The monoisotopic (exact) mass is 359 g/mol. The number of rotatable bonds is 9. The molecule has 27 heavy (non-hydrogen) atoms. The van der Waals surface area contributed by atoms with Crippen LogP contribution in [0.1, 0.15) is 0 Å². The molecule has 0 fully saturated rings. The number of anilines is 1. The largest absolute Gasteiger partial charge is 0.457 e. The smallest absolute Gasteiger partial charge is 0.266 e. The van der Waals surface area contributed by atoms with Gasteiger partial charge < -0.3 is 15.0 Å². The van der Waals surface area contributed by atoms with Crippen molar-refractivity contribution in [3.63, 3.8) is 0 Å². The van der Waals surface area contributed by atoms with Crippen molar-refractivity contribution < 1.29 is 9.53 Å². The third kappa shape index (κ3) is 5.91. The van der Waals surface area contributed by atoms with Gasteiger partial charge in [-0.1, -0.05) is 30.4 Å². The minimum Gasteiger partial charge on any atom is -0.457 e. The average molecular weight is 359 g/mol. The fourth-order valence-electron chi connectivity index (χ4n) is 2.26. The van der Waals surface area contributed by atoms with Gasteiger partial charge in [-0.25, -0.2) is 0 Å². The second-order valence-electron chi connectivity index (χ2n) is 5.54. The molecule has 136 valence electrons. The van der Waals surface area contributed by atoms with Crippen LogP contribution in [0, 0.1) is 11.3 Å². The van der Waals surface area contributed by atoms with Crippen LogP contribution in [-0.4, -0.2) is 23.9 Å². The number of benzene rings is 2. The number of nitriles is 1. The third-order valence-corrected chi connectivity index (χ3v) is 3.55. The minimum absolute atomic E-state index is 0.00307. The van der Waals surface area contributed by atoms with E-state index in [0.717, 1.165) is 11.4 Å². The first-order valence-corrected chi connectivity index (χ1v) is 8.38. The van der Waals surface area contributed by atoms with Crippen LogP contribution in [0.5, 0.6) is 11.5 Å². The molecule has 0 aliphatic heterocycles. The van der Waals surface area contributed by atoms with E-state index in [9.17, 15) is 10.1 Å². The van der Waals surface area contributed by atoms with E-state index < -0.39 is 0 Å². The highest BCUT2D eigenvalue weighted by Gasteiger charge is 2.15. The average Bonchev–Trinajstić information content (AvgIpc) is 2.70. The van der Waals surface area contributed by atoms with Gasteiger partial charge in [0.15, 0.2) is 0 Å². The molecular weight excluding hydrogens is 338 g/mol. The Balaban J connectivity index is 2.04. The molecule has 0 radical (unpaired) electrons. The number of ether oxygens (including phenoxy) is 1. The van der Waals surface area contributed by atoms with Crippen LogP contribution < -0.4 is 10.1 Å². The summed E-state index contributed by atoms with van der Waals surface area (Å²) in [5, 5.41) is 12.3. The molecule has 2 aromatic carbocycles. The first-order chi connectivity index (χ1) is 13.2. The summed E-state index contributed by atoms with van der Waals surface area (Å²) < 4.78 is 5.73. The summed E-state index contributed by atoms with van der Waals surface area (Å²) in [6, 6.07) is 18.6. The summed E-state index contributed by atoms with van der Waals surface area (Å²) >= 11 is 0. The van der Waals surface area contributed by atoms with Gasteiger partial charge >= 0.3 is 0 Å². The van der Waals surface area contributed by atoms with Crippen molar-refractivity contribution in [1.82, 2.24) is 4.90 Å². The lowest BCUT2D eigenvalue weighted by atomic mass is 10.2. The van der Waals surface area contributed by atoms with Crippen LogP contribution in [0.3, 0.4) is 0 Å². The Hall–Kier alpha value is -3.78. The molecule has 0 aliphatic carbocycles. The topological polar surface area (TPSA) is 65.4 Å². The van der Waals surface area contributed by atoms with Crippen LogP contribution in [0.15, 0.2) is 91.7 Å². The highest BCUT2D eigenvalue weighted by molar-refractivity contribution is 5.97. The van der Waals surface area contributed by atoms with Crippen LogP contribution in [0.2, 0.25) is 0 Å². The lowest BCUT2D eigenvalue weighted by molar-refractivity contribution is -0.125. The maximum atomic E-state index is 12.4. The highest BCUT2D eigenvalue weighted by atomic mass is 16.5. The van der Waals surface area contributed by atoms with Crippen LogP contribution in [0.25, 0.3) is 0 Å². The number of para-hydroxylation sites is 1. The molecule has 2 rings (SSSR count). The number of nitrogens with zero attached hydrogens (tertiary/aromatic N) is 2. The maximum absolute atomic E-state index is 12.4. The number of carbonyl (C=O) groups is 1. The predicted molar refractivity (Wildman–Crippen MR) is 107 cm³/mol. The van der Waals surface area contributed by atoms with E-state index in [-0.39, 0.29) is 11.5 Å². The van der Waals surface area contributed by atoms with Gasteiger partial charge in [-0.2, -0.15) is 5.26 Å². The summed E-state index contributed by atoms with van der Waals surface area (Å²) in [5.41, 5.74) is 0.735. The van der Waals surface area contributed by atoms with E-state index in [1.54, 1.807) is 36.4 Å². The highest BCUT2D eigenvalue weighted by Crippen LogP contribution is 2.22.